The molecule has 3 N–H and O–H groups in total. The van der Waals surface area contributed by atoms with Crippen LogP contribution in [0.25, 0.3) is 21.5 Å². The Labute approximate surface area is 239 Å². The summed E-state index contributed by atoms with van der Waals surface area (Å²) in [7, 11) is -4.92. The smallest absolute Gasteiger partial charge is 0.744 e. The average molecular weight is 539 g/mol. The van der Waals surface area contributed by atoms with Crippen LogP contribution in [0.4, 0.5) is 11.4 Å². The summed E-state index contributed by atoms with van der Waals surface area (Å²) in [6.45, 7) is 0. The maximum Gasteiger partial charge on any atom is 1.00 e. The fraction of sp³-hybridized carbons (Fsp3) is 0.0769. The van der Waals surface area contributed by atoms with Gasteiger partial charge in [0.05, 0.1) is 0 Å². The first-order valence-electron chi connectivity index (χ1n) is 11.1. The van der Waals surface area contributed by atoms with E-state index in [1.165, 1.54) is 12.1 Å². The summed E-state index contributed by atoms with van der Waals surface area (Å²) in [5.74, 6) is -1.02. The van der Waals surface area contributed by atoms with E-state index >= 15 is 0 Å². The number of phenolic OH excluding ortho intramolecular Hbond substituents is 2. The average Bonchev–Trinajstić information content (AvgIpc) is 2.88. The van der Waals surface area contributed by atoms with Gasteiger partial charge in [0, 0.05) is 22.1 Å². The summed E-state index contributed by atoms with van der Waals surface area (Å²) in [5.41, 5.74) is 2.54. The Kier molecular flexibility index (Phi) is 7.95. The summed E-state index contributed by atoms with van der Waals surface area (Å²) < 4.78 is 35.5. The zero-order chi connectivity index (χ0) is 26.2. The van der Waals surface area contributed by atoms with E-state index in [-0.39, 0.29) is 58.1 Å². The quantitative estimate of drug-likeness (QED) is 0.114. The fourth-order valence-electron chi connectivity index (χ4n) is 4.06. The molecule has 0 aromatic heterocycles. The second-order valence-electron chi connectivity index (χ2n) is 8.31. The van der Waals surface area contributed by atoms with Crippen LogP contribution in [-0.2, 0) is 14.9 Å². The van der Waals surface area contributed by atoms with Crippen molar-refractivity contribution in [1.29, 1.82) is 0 Å². The Hall–Kier alpha value is -3.61. The molecule has 0 spiro atoms. The van der Waals surface area contributed by atoms with E-state index in [4.69, 9.17) is 0 Å². The number of anilines is 1. The number of benzene rings is 4. The summed E-state index contributed by atoms with van der Waals surface area (Å²) in [6.07, 6.45) is 0.388. The van der Waals surface area contributed by atoms with E-state index in [2.05, 4.69) is 20.8 Å². The van der Waals surface area contributed by atoms with Crippen LogP contribution in [0.3, 0.4) is 0 Å². The van der Waals surface area contributed by atoms with Gasteiger partial charge in [0.15, 0.2) is 0 Å². The zero-order valence-electron chi connectivity index (χ0n) is 20.1. The summed E-state index contributed by atoms with van der Waals surface area (Å²) in [5, 5.41) is 35.4. The summed E-state index contributed by atoms with van der Waals surface area (Å²) >= 11 is 0. The van der Waals surface area contributed by atoms with Gasteiger partial charge < -0.3 is 14.8 Å². The number of carbonyl (C=O) groups excluding carboxylic acids is 1. The van der Waals surface area contributed by atoms with Crippen molar-refractivity contribution in [3.05, 3.63) is 83.8 Å². The van der Waals surface area contributed by atoms with Gasteiger partial charge in [-0.3, -0.25) is 10.2 Å². The molecule has 10 nitrogen and oxygen atoms in total. The van der Waals surface area contributed by atoms with E-state index < -0.39 is 33.3 Å². The first kappa shape index (κ1) is 27.4. The van der Waals surface area contributed by atoms with Gasteiger partial charge in [0.1, 0.15) is 44.7 Å². The van der Waals surface area contributed by atoms with Crippen LogP contribution in [-0.4, -0.2) is 40.7 Å². The molecule has 0 heterocycles. The predicted octanol–water partition coefficient (Wildman–Crippen LogP) is 1.73. The number of fused-ring (bicyclic) bond motifs is 2. The van der Waals surface area contributed by atoms with E-state index in [9.17, 15) is 28.0 Å². The monoisotopic (exact) mass is 538 g/mol. The van der Waals surface area contributed by atoms with Crippen LogP contribution < -0.4 is 35.0 Å². The molecule has 0 amide bonds. The van der Waals surface area contributed by atoms with E-state index in [1.54, 1.807) is 36.4 Å². The number of phenols is 2. The number of ketones is 1. The van der Waals surface area contributed by atoms with Crippen LogP contribution in [0.5, 0.6) is 11.5 Å². The Bertz CT molecular complexity index is 1770. The van der Waals surface area contributed by atoms with Gasteiger partial charge in [-0.25, -0.2) is 8.42 Å². The van der Waals surface area contributed by atoms with Gasteiger partial charge >= 0.3 is 29.6 Å². The van der Waals surface area contributed by atoms with Gasteiger partial charge in [-0.2, -0.15) is 15.3 Å². The van der Waals surface area contributed by atoms with E-state index in [1.807, 2.05) is 24.3 Å². The van der Waals surface area contributed by atoms with Crippen molar-refractivity contribution in [2.24, 2.45) is 15.3 Å². The zero-order valence-corrected chi connectivity index (χ0v) is 22.9. The molecule has 1 aliphatic carbocycles. The standard InChI is InChI=1S/C26H20N4O6S.Na/c31-22-11-9-15-5-1-3-7-18(15)24(22)29-27-20-13-17(37(34,35)36)14-21(26(20)33)28-30-25-19-8-4-2-6-16(19)10-12-23(25)32;/h1-13,21,29,31-32H,14H2,(H,34,35,36);/q;+1/p-1/b27-20+,30-28?;. The third kappa shape index (κ3) is 5.47. The van der Waals surface area contributed by atoms with Gasteiger partial charge in [0.25, 0.3) is 0 Å². The Morgan fingerprint density at radius 1 is 0.868 bits per heavy atom. The molecule has 0 saturated carbocycles. The number of nitrogens with one attached hydrogen (secondary N) is 1. The Morgan fingerprint density at radius 2 is 1.47 bits per heavy atom. The Morgan fingerprint density at radius 3 is 2.16 bits per heavy atom. The number of allylic oxidation sites excluding steroid dienone is 1. The third-order valence-corrected chi connectivity index (χ3v) is 6.87. The first-order chi connectivity index (χ1) is 17.7. The molecular formula is C26H19N4NaO6S. The topological polar surface area (TPSA) is 164 Å². The minimum absolute atomic E-state index is 0. The number of hydrogen-bond donors (Lipinski definition) is 3. The number of rotatable bonds is 5. The number of carbonyl (C=O) groups is 1. The molecule has 0 saturated heterocycles. The maximum atomic E-state index is 13.1. The molecule has 0 fully saturated rings. The van der Waals surface area contributed by atoms with E-state index in [0.29, 0.717) is 10.8 Å². The van der Waals surface area contributed by atoms with Crippen LogP contribution in [0.15, 0.2) is 99.1 Å². The molecular weight excluding hydrogens is 519 g/mol. The van der Waals surface area contributed by atoms with Gasteiger partial charge in [0.2, 0.25) is 5.78 Å². The van der Waals surface area contributed by atoms with Crippen molar-refractivity contribution in [3.63, 3.8) is 0 Å². The van der Waals surface area contributed by atoms with E-state index in [0.717, 1.165) is 16.8 Å². The second kappa shape index (κ2) is 11.0. The molecule has 12 heteroatoms. The number of hydrazone groups is 1. The number of nitrogens with zero attached hydrogens (tertiary/aromatic N) is 3. The van der Waals surface area contributed by atoms with Crippen LogP contribution >= 0.6 is 0 Å². The molecule has 1 unspecified atom stereocenters. The van der Waals surface area contributed by atoms with Crippen molar-refractivity contribution in [1.82, 2.24) is 0 Å². The molecule has 1 aliphatic rings. The molecule has 0 aliphatic heterocycles. The molecule has 186 valence electrons. The second-order valence-corrected chi connectivity index (χ2v) is 9.74. The SMILES string of the molecule is O=C1/C(=N/Nc2c(O)ccc3ccccc23)C=C(S(=O)(=O)[O-])CC1N=Nc1c(O)ccc2ccccc12.[Na+]. The summed E-state index contributed by atoms with van der Waals surface area (Å²) in [4.78, 5) is 12.6. The number of Topliss-reactive ketones (excluding diaryl/α,β-unsaturated/α-hetero) is 1. The van der Waals surface area contributed by atoms with Crippen LogP contribution in [0, 0.1) is 0 Å². The third-order valence-electron chi connectivity index (χ3n) is 5.94. The van der Waals surface area contributed by atoms with Gasteiger partial charge in [-0.05, 0) is 29.0 Å². The van der Waals surface area contributed by atoms with Crippen LogP contribution in [0.2, 0.25) is 0 Å². The number of hydrogen-bond acceptors (Lipinski definition) is 10. The largest absolute Gasteiger partial charge is 1.00 e. The van der Waals surface area contributed by atoms with Crippen molar-refractivity contribution < 1.29 is 57.5 Å². The molecule has 38 heavy (non-hydrogen) atoms. The van der Waals surface area contributed by atoms with Crippen molar-refractivity contribution in [2.75, 3.05) is 5.43 Å². The molecule has 4 aromatic carbocycles. The predicted molar refractivity (Wildman–Crippen MR) is 138 cm³/mol. The van der Waals surface area contributed by atoms with Crippen molar-refractivity contribution in [3.8, 4) is 11.5 Å². The van der Waals surface area contributed by atoms with Gasteiger partial charge in [-0.15, -0.1) is 0 Å². The normalized spacial score (nSPS) is 17.1. The maximum absolute atomic E-state index is 13.1. The molecule has 1 atom stereocenters. The van der Waals surface area contributed by atoms with Crippen molar-refractivity contribution in [2.45, 2.75) is 12.5 Å². The van der Waals surface area contributed by atoms with Crippen LogP contribution in [0.1, 0.15) is 6.42 Å². The first-order valence-corrected chi connectivity index (χ1v) is 12.5. The van der Waals surface area contributed by atoms with Gasteiger partial charge in [-0.1, -0.05) is 60.7 Å². The Balaban J connectivity index is 0.00000336. The fourth-order valence-corrected chi connectivity index (χ4v) is 4.68. The number of azo groups is 1. The summed E-state index contributed by atoms with van der Waals surface area (Å²) in [6, 6.07) is 19.1. The molecule has 5 rings (SSSR count). The minimum atomic E-state index is -4.92. The van der Waals surface area contributed by atoms with Crippen molar-refractivity contribution >= 4 is 54.5 Å². The molecule has 4 aromatic rings. The molecule has 0 radical (unpaired) electrons. The minimum Gasteiger partial charge on any atom is -0.744 e. The number of aromatic hydroxyl groups is 2. The molecule has 0 bridgehead atoms.